The quantitative estimate of drug-likeness (QED) is 0.464. The van der Waals surface area contributed by atoms with Crippen LogP contribution in [0, 0.1) is 0 Å². The first-order valence-electron chi connectivity index (χ1n) is 2.17. The summed E-state index contributed by atoms with van der Waals surface area (Å²) in [5.41, 5.74) is 0. The molecule has 10 heavy (non-hydrogen) atoms. The average Bonchev–Trinajstić information content (AvgIpc) is 2.14. The van der Waals surface area contributed by atoms with Crippen molar-refractivity contribution >= 4 is 28.9 Å². The fraction of sp³-hybridized carbons (Fsp3) is 0. The summed E-state index contributed by atoms with van der Waals surface area (Å²) < 4.78 is 0.467. The zero-order valence-electron chi connectivity index (χ0n) is 5.26. The van der Waals surface area contributed by atoms with Crippen LogP contribution >= 0.6 is 22.9 Å². The van der Waals surface area contributed by atoms with Gasteiger partial charge in [0.1, 0.15) is 0 Å². The molecule has 1 aromatic rings. The molecule has 0 spiro atoms. The zero-order chi connectivity index (χ0) is 6.85. The van der Waals surface area contributed by atoms with Crippen LogP contribution in [0.3, 0.4) is 0 Å². The Hall–Kier alpha value is 0.460. The van der Waals surface area contributed by atoms with Crippen LogP contribution < -0.4 is 34.7 Å². The van der Waals surface area contributed by atoms with E-state index < -0.39 is 5.97 Å². The molecular weight excluding hydrogens is 183 g/mol. The summed E-state index contributed by atoms with van der Waals surface area (Å²) >= 11 is 6.43. The maximum absolute atomic E-state index is 10.1. The van der Waals surface area contributed by atoms with Gasteiger partial charge in [0.05, 0.1) is 15.2 Å². The Balaban J connectivity index is 0.000000810. The molecule has 5 heteroatoms. The van der Waals surface area contributed by atoms with E-state index in [0.29, 0.717) is 4.34 Å². The van der Waals surface area contributed by atoms with Crippen molar-refractivity contribution < 1.29 is 39.5 Å². The minimum atomic E-state index is -1.17. The van der Waals surface area contributed by atoms with Crippen molar-refractivity contribution in [3.05, 3.63) is 21.3 Å². The molecule has 0 radical (unpaired) electrons. The minimum Gasteiger partial charge on any atom is -0.544 e. The van der Waals surface area contributed by atoms with Crippen molar-refractivity contribution in [3.63, 3.8) is 0 Å². The maximum atomic E-state index is 10.1. The number of carbonyl (C=O) groups is 1. The first-order valence-corrected chi connectivity index (χ1v) is 3.36. The van der Waals surface area contributed by atoms with Crippen molar-refractivity contribution in [2.24, 2.45) is 0 Å². The largest absolute Gasteiger partial charge is 1.00 e. The topological polar surface area (TPSA) is 40.1 Å². The summed E-state index contributed by atoms with van der Waals surface area (Å²) in [6.07, 6.45) is 0. The Kier molecular flexibility index (Phi) is 4.56. The molecule has 0 amide bonds. The van der Waals surface area contributed by atoms with E-state index in [-0.39, 0.29) is 34.4 Å². The molecule has 1 rings (SSSR count). The third kappa shape index (κ3) is 2.60. The number of halogens is 1. The van der Waals surface area contributed by atoms with Gasteiger partial charge in [-0.05, 0) is 12.1 Å². The number of aromatic carboxylic acids is 1. The monoisotopic (exact) mass is 184 g/mol. The van der Waals surface area contributed by atoms with E-state index in [1.54, 1.807) is 0 Å². The van der Waals surface area contributed by atoms with Gasteiger partial charge in [0, 0.05) is 0 Å². The van der Waals surface area contributed by atoms with E-state index in [4.69, 9.17) is 11.6 Å². The third-order valence-electron chi connectivity index (χ3n) is 0.774. The molecule has 0 aromatic carbocycles. The van der Waals surface area contributed by atoms with Crippen LogP contribution in [0.1, 0.15) is 9.67 Å². The van der Waals surface area contributed by atoms with Crippen molar-refractivity contribution in [2.75, 3.05) is 0 Å². The smallest absolute Gasteiger partial charge is 0.544 e. The van der Waals surface area contributed by atoms with Gasteiger partial charge in [0.2, 0.25) is 0 Å². The molecule has 0 unspecified atom stereocenters. The number of rotatable bonds is 1. The molecule has 2 nitrogen and oxygen atoms in total. The van der Waals surface area contributed by atoms with Gasteiger partial charge in [-0.1, -0.05) is 11.6 Å². The van der Waals surface area contributed by atoms with Crippen LogP contribution in [0.25, 0.3) is 0 Å². The number of carboxylic acid groups (broad SMARTS) is 1. The molecule has 48 valence electrons. The standard InChI is InChI=1S/C5H3ClO2S.Na/c6-4-2-1-3(9-4)5(7)8;/h1-2H,(H,7,8);/q;+1/p-1. The molecule has 1 aromatic heterocycles. The van der Waals surface area contributed by atoms with Gasteiger partial charge in [-0.15, -0.1) is 11.3 Å². The van der Waals surface area contributed by atoms with Gasteiger partial charge >= 0.3 is 29.6 Å². The van der Waals surface area contributed by atoms with Gasteiger partial charge < -0.3 is 9.90 Å². The van der Waals surface area contributed by atoms with Crippen LogP contribution in [-0.4, -0.2) is 5.97 Å². The maximum Gasteiger partial charge on any atom is 1.00 e. The van der Waals surface area contributed by atoms with Gasteiger partial charge in [-0.3, -0.25) is 0 Å². The summed E-state index contributed by atoms with van der Waals surface area (Å²) in [4.78, 5) is 10.2. The molecule has 0 fully saturated rings. The molecule has 0 aliphatic rings. The summed E-state index contributed by atoms with van der Waals surface area (Å²) in [5.74, 6) is -1.17. The van der Waals surface area contributed by atoms with Crippen LogP contribution in [0.2, 0.25) is 4.34 Å². The van der Waals surface area contributed by atoms with Crippen LogP contribution in [0.5, 0.6) is 0 Å². The second-order valence-corrected chi connectivity index (χ2v) is 3.11. The fourth-order valence-electron chi connectivity index (χ4n) is 0.424. The number of hydrogen-bond donors (Lipinski definition) is 0. The van der Waals surface area contributed by atoms with Crippen LogP contribution in [0.15, 0.2) is 12.1 Å². The van der Waals surface area contributed by atoms with E-state index in [0.717, 1.165) is 11.3 Å². The summed E-state index contributed by atoms with van der Waals surface area (Å²) in [5, 5.41) is 10.1. The van der Waals surface area contributed by atoms with Crippen molar-refractivity contribution in [2.45, 2.75) is 0 Å². The Bertz CT molecular complexity index is 235. The molecule has 0 aliphatic heterocycles. The van der Waals surface area contributed by atoms with E-state index in [1.165, 1.54) is 12.1 Å². The first-order chi connectivity index (χ1) is 4.20. The van der Waals surface area contributed by atoms with Crippen LogP contribution in [0.4, 0.5) is 0 Å². The van der Waals surface area contributed by atoms with E-state index in [9.17, 15) is 9.90 Å². The van der Waals surface area contributed by atoms with Gasteiger partial charge in [-0.25, -0.2) is 0 Å². The zero-order valence-corrected chi connectivity index (χ0v) is 8.83. The molecule has 0 aliphatic carbocycles. The summed E-state index contributed by atoms with van der Waals surface area (Å²) in [6, 6.07) is 2.94. The molecule has 0 saturated heterocycles. The SMILES string of the molecule is O=C([O-])c1ccc(Cl)s1.[Na+]. The van der Waals surface area contributed by atoms with Gasteiger partial charge in [-0.2, -0.15) is 0 Å². The van der Waals surface area contributed by atoms with E-state index >= 15 is 0 Å². The Labute approximate surface area is 89.1 Å². The second-order valence-electron chi connectivity index (χ2n) is 1.39. The third-order valence-corrected chi connectivity index (χ3v) is 1.99. The fourth-order valence-corrected chi connectivity index (χ4v) is 1.30. The normalized spacial score (nSPS) is 8.50. The van der Waals surface area contributed by atoms with Crippen molar-refractivity contribution in [1.82, 2.24) is 0 Å². The Morgan fingerprint density at radius 1 is 1.60 bits per heavy atom. The number of carboxylic acids is 1. The molecule has 0 saturated carbocycles. The molecule has 0 N–H and O–H groups in total. The first kappa shape index (κ1) is 10.5. The van der Waals surface area contributed by atoms with Crippen molar-refractivity contribution in [1.29, 1.82) is 0 Å². The molecule has 0 atom stereocenters. The van der Waals surface area contributed by atoms with Crippen LogP contribution in [-0.2, 0) is 0 Å². The summed E-state index contributed by atoms with van der Waals surface area (Å²) in [7, 11) is 0. The number of hydrogen-bond acceptors (Lipinski definition) is 3. The number of carbonyl (C=O) groups excluding carboxylic acids is 1. The molecule has 0 bridgehead atoms. The average molecular weight is 185 g/mol. The molecule has 1 heterocycles. The van der Waals surface area contributed by atoms with Crippen molar-refractivity contribution in [3.8, 4) is 0 Å². The molecular formula is C5H2ClNaO2S. The van der Waals surface area contributed by atoms with Gasteiger partial charge in [0.15, 0.2) is 0 Å². The second kappa shape index (κ2) is 4.36. The Morgan fingerprint density at radius 3 is 2.40 bits per heavy atom. The number of thiophene rings is 1. The summed E-state index contributed by atoms with van der Waals surface area (Å²) in [6.45, 7) is 0. The predicted molar refractivity (Wildman–Crippen MR) is 33.7 cm³/mol. The van der Waals surface area contributed by atoms with E-state index in [2.05, 4.69) is 0 Å². The predicted octanol–water partition coefficient (Wildman–Crippen LogP) is -2.23. The minimum absolute atomic E-state index is 0. The van der Waals surface area contributed by atoms with E-state index in [1.807, 2.05) is 0 Å². The Morgan fingerprint density at radius 2 is 2.20 bits per heavy atom. The van der Waals surface area contributed by atoms with Gasteiger partial charge in [0.25, 0.3) is 0 Å².